The van der Waals surface area contributed by atoms with Crippen molar-refractivity contribution in [1.29, 1.82) is 0 Å². The maximum Gasteiger partial charge on any atom is -0.00258 e. The fraction of sp³-hybridized carbons (Fsp3) is 0.172. The van der Waals surface area contributed by atoms with Gasteiger partial charge in [-0.2, -0.15) is 0 Å². The Hall–Kier alpha value is -3.20. The molecule has 31 heavy (non-hydrogen) atoms. The second-order valence-electron chi connectivity index (χ2n) is 6.46. The highest BCUT2D eigenvalue weighted by atomic mass is 14.4. The number of hydrogen-bond acceptors (Lipinski definition) is 2. The molecule has 0 aromatic heterocycles. The third-order valence-corrected chi connectivity index (χ3v) is 3.97. The minimum atomic E-state index is 1.03. The lowest BCUT2D eigenvalue weighted by Gasteiger charge is -2.00. The maximum absolute atomic E-state index is 4.50. The topological polar surface area (TPSA) is 52.0 Å². The van der Waals surface area contributed by atoms with Crippen molar-refractivity contribution in [1.82, 2.24) is 0 Å². The van der Waals surface area contributed by atoms with Gasteiger partial charge >= 0.3 is 0 Å². The number of benzene rings is 4. The van der Waals surface area contributed by atoms with Crippen molar-refractivity contribution in [3.8, 4) is 0 Å². The zero-order chi connectivity index (χ0) is 23.2. The Kier molecular flexibility index (Phi) is 18.0. The number of nitrogens with two attached hydrogens (primary N) is 2. The van der Waals surface area contributed by atoms with Crippen LogP contribution in [0.4, 0.5) is 0 Å². The molecule has 0 spiro atoms. The van der Waals surface area contributed by atoms with Crippen LogP contribution in [0.15, 0.2) is 121 Å². The van der Waals surface area contributed by atoms with Crippen molar-refractivity contribution in [2.24, 2.45) is 11.5 Å². The summed E-state index contributed by atoms with van der Waals surface area (Å²) in [6, 6.07) is 41.6. The van der Waals surface area contributed by atoms with Gasteiger partial charge in [0.25, 0.3) is 0 Å². The van der Waals surface area contributed by atoms with E-state index in [0.717, 1.165) is 6.42 Å². The minimum absolute atomic E-state index is 1.03. The van der Waals surface area contributed by atoms with Crippen molar-refractivity contribution in [2.75, 3.05) is 14.1 Å². The third-order valence-electron chi connectivity index (χ3n) is 3.97. The normalized spacial score (nSPS) is 8.45. The zero-order valence-corrected chi connectivity index (χ0v) is 19.4. The van der Waals surface area contributed by atoms with E-state index in [0.29, 0.717) is 0 Å². The Morgan fingerprint density at radius 3 is 0.806 bits per heavy atom. The summed E-state index contributed by atoms with van der Waals surface area (Å²) in [6.45, 7) is 4.17. The molecule has 4 aromatic rings. The molecule has 0 amide bonds. The van der Waals surface area contributed by atoms with Gasteiger partial charge in [-0.3, -0.25) is 0 Å². The van der Waals surface area contributed by atoms with E-state index < -0.39 is 0 Å². The van der Waals surface area contributed by atoms with Crippen LogP contribution < -0.4 is 11.5 Å². The molecule has 0 heterocycles. The summed E-state index contributed by atoms with van der Waals surface area (Å²) in [4.78, 5) is 0. The summed E-state index contributed by atoms with van der Waals surface area (Å²) in [5, 5.41) is 0. The van der Waals surface area contributed by atoms with E-state index in [4.69, 9.17) is 0 Å². The molecule has 4 N–H and O–H groups in total. The lowest BCUT2D eigenvalue weighted by molar-refractivity contribution is 1.19. The molecule has 4 rings (SSSR count). The summed E-state index contributed by atoms with van der Waals surface area (Å²) in [6.07, 6.45) is 1.03. The lowest BCUT2D eigenvalue weighted by atomic mass is 10.1. The van der Waals surface area contributed by atoms with Gasteiger partial charge in [-0.1, -0.05) is 132 Å². The van der Waals surface area contributed by atoms with E-state index in [2.05, 4.69) is 110 Å². The second-order valence-corrected chi connectivity index (χ2v) is 6.46. The average molecular weight is 415 g/mol. The molecule has 2 nitrogen and oxygen atoms in total. The first-order chi connectivity index (χ1) is 15.2. The van der Waals surface area contributed by atoms with Gasteiger partial charge < -0.3 is 11.5 Å². The number of aryl methyl sites for hydroxylation is 2. The highest BCUT2D eigenvalue weighted by Gasteiger charge is 1.92. The molecular formula is C29H38N2. The standard InChI is InChI=1S/C13H12.2C7H8.2CH5N/c1-3-7-12(8-4-1)11-13-9-5-2-6-10-13;2*1-7-5-3-2-4-6-7;2*1-2/h1-10H,11H2;2*2-6H,1H3;2*2H2,1H3. The predicted molar refractivity (Wildman–Crippen MR) is 138 cm³/mol. The van der Waals surface area contributed by atoms with Crippen LogP contribution in [-0.4, -0.2) is 14.1 Å². The minimum Gasteiger partial charge on any atom is -0.333 e. The molecule has 0 atom stereocenters. The van der Waals surface area contributed by atoms with Crippen LogP contribution >= 0.6 is 0 Å². The van der Waals surface area contributed by atoms with Gasteiger partial charge in [0.2, 0.25) is 0 Å². The lowest BCUT2D eigenvalue weighted by Crippen LogP contribution is -1.85. The Labute approximate surface area is 189 Å². The van der Waals surface area contributed by atoms with Gasteiger partial charge in [-0.15, -0.1) is 0 Å². The van der Waals surface area contributed by atoms with E-state index >= 15 is 0 Å². The van der Waals surface area contributed by atoms with Crippen LogP contribution in [0.3, 0.4) is 0 Å². The molecule has 0 saturated carbocycles. The Morgan fingerprint density at radius 1 is 0.387 bits per heavy atom. The van der Waals surface area contributed by atoms with E-state index in [-0.39, 0.29) is 0 Å². The van der Waals surface area contributed by atoms with Gasteiger partial charge in [0, 0.05) is 0 Å². The Balaban J connectivity index is 0.000000429. The van der Waals surface area contributed by atoms with Crippen LogP contribution in [0.5, 0.6) is 0 Å². The first kappa shape index (κ1) is 27.8. The van der Waals surface area contributed by atoms with Gasteiger partial charge in [0.1, 0.15) is 0 Å². The van der Waals surface area contributed by atoms with E-state index in [1.54, 1.807) is 0 Å². The quantitative estimate of drug-likeness (QED) is 0.398. The molecule has 0 unspecified atom stereocenters. The first-order valence-electron chi connectivity index (χ1n) is 10.5. The van der Waals surface area contributed by atoms with Crippen LogP contribution in [0.2, 0.25) is 0 Å². The van der Waals surface area contributed by atoms with Crippen LogP contribution in [0.1, 0.15) is 22.3 Å². The molecular weight excluding hydrogens is 376 g/mol. The Bertz CT molecular complexity index is 771. The van der Waals surface area contributed by atoms with Crippen molar-refractivity contribution < 1.29 is 0 Å². The van der Waals surface area contributed by atoms with Gasteiger partial charge in [0.05, 0.1) is 0 Å². The molecule has 0 fully saturated rings. The highest BCUT2D eigenvalue weighted by Crippen LogP contribution is 2.07. The van der Waals surface area contributed by atoms with Crippen molar-refractivity contribution in [3.63, 3.8) is 0 Å². The smallest absolute Gasteiger partial charge is 0.00258 e. The molecule has 0 aliphatic carbocycles. The van der Waals surface area contributed by atoms with E-state index in [1.807, 2.05) is 36.4 Å². The third kappa shape index (κ3) is 15.3. The summed E-state index contributed by atoms with van der Waals surface area (Å²) in [7, 11) is 3.00. The fourth-order valence-corrected chi connectivity index (χ4v) is 2.50. The van der Waals surface area contributed by atoms with E-state index in [9.17, 15) is 0 Å². The summed E-state index contributed by atoms with van der Waals surface area (Å²) in [5.74, 6) is 0. The molecule has 2 heteroatoms. The first-order valence-corrected chi connectivity index (χ1v) is 10.5. The fourth-order valence-electron chi connectivity index (χ4n) is 2.50. The van der Waals surface area contributed by atoms with E-state index in [1.165, 1.54) is 36.3 Å². The van der Waals surface area contributed by atoms with Gasteiger partial charge in [0.15, 0.2) is 0 Å². The van der Waals surface area contributed by atoms with Crippen molar-refractivity contribution >= 4 is 0 Å². The van der Waals surface area contributed by atoms with Crippen LogP contribution in [0, 0.1) is 13.8 Å². The maximum atomic E-state index is 4.50. The number of rotatable bonds is 2. The van der Waals surface area contributed by atoms with Gasteiger partial charge in [-0.25, -0.2) is 0 Å². The average Bonchev–Trinajstić information content (AvgIpc) is 2.85. The van der Waals surface area contributed by atoms with Crippen molar-refractivity contribution in [3.05, 3.63) is 144 Å². The summed E-state index contributed by atoms with van der Waals surface area (Å²) < 4.78 is 0. The zero-order valence-electron chi connectivity index (χ0n) is 19.4. The van der Waals surface area contributed by atoms with Gasteiger partial charge in [-0.05, 0) is 45.5 Å². The van der Waals surface area contributed by atoms with Crippen molar-refractivity contribution in [2.45, 2.75) is 20.3 Å². The summed E-state index contributed by atoms with van der Waals surface area (Å²) in [5.41, 5.74) is 14.4. The highest BCUT2D eigenvalue weighted by molar-refractivity contribution is 5.25. The molecule has 4 aromatic carbocycles. The molecule has 0 radical (unpaired) electrons. The molecule has 0 aliphatic heterocycles. The summed E-state index contributed by atoms with van der Waals surface area (Å²) >= 11 is 0. The Morgan fingerprint density at radius 2 is 0.613 bits per heavy atom. The molecule has 164 valence electrons. The number of hydrogen-bond donors (Lipinski definition) is 2. The monoisotopic (exact) mass is 414 g/mol. The molecule has 0 aliphatic rings. The SMILES string of the molecule is CN.CN.Cc1ccccc1.Cc1ccccc1.c1ccc(Cc2ccccc2)cc1. The second kappa shape index (κ2) is 20.1. The molecule has 0 saturated heterocycles. The van der Waals surface area contributed by atoms with Crippen LogP contribution in [0.25, 0.3) is 0 Å². The molecule has 0 bridgehead atoms. The largest absolute Gasteiger partial charge is 0.333 e. The predicted octanol–water partition coefficient (Wildman–Crippen LogP) is 6.42. The van der Waals surface area contributed by atoms with Crippen LogP contribution in [-0.2, 0) is 6.42 Å².